The average Bonchev–Trinajstić information content (AvgIpc) is 3.11. The van der Waals surface area contributed by atoms with E-state index in [2.05, 4.69) is 28.5 Å². The van der Waals surface area contributed by atoms with Gasteiger partial charge in [0, 0.05) is 32.5 Å². The maximum atomic E-state index is 12.5. The second-order valence-electron chi connectivity index (χ2n) is 6.77. The van der Waals surface area contributed by atoms with E-state index >= 15 is 0 Å². The molecule has 7 heteroatoms. The zero-order valence-corrected chi connectivity index (χ0v) is 15.7. The molecule has 2 heterocycles. The first-order chi connectivity index (χ1) is 12.6. The number of rotatable bonds is 5. The first-order valence-electron chi connectivity index (χ1n) is 9.23. The molecule has 1 aromatic carbocycles. The molecule has 1 N–H and O–H groups in total. The third-order valence-corrected chi connectivity index (χ3v) is 4.73. The van der Waals surface area contributed by atoms with Gasteiger partial charge in [0.05, 0.1) is 6.04 Å². The minimum atomic E-state index is -0.175. The number of urea groups is 1. The molecule has 1 aromatic heterocycles. The maximum Gasteiger partial charge on any atom is 0.317 e. The minimum absolute atomic E-state index is 0.0582. The minimum Gasteiger partial charge on any atom is -0.490 e. The van der Waals surface area contributed by atoms with Crippen LogP contribution >= 0.6 is 0 Å². The molecule has 0 saturated carbocycles. The number of hydrogen-bond acceptors (Lipinski definition) is 4. The number of nitrogens with zero attached hydrogens (tertiary/aromatic N) is 4. The SMILES string of the molecule is CCn1cnnc1[C@H](C)NC(=O)N1CCC(Oc2cccc(C)c2)CC1. The number of benzene rings is 1. The number of hydrogen-bond donors (Lipinski definition) is 1. The van der Waals surface area contributed by atoms with Crippen LogP contribution in [-0.2, 0) is 6.54 Å². The highest BCUT2D eigenvalue weighted by molar-refractivity contribution is 5.74. The number of piperidine rings is 1. The molecular formula is C19H27N5O2. The van der Waals surface area contributed by atoms with E-state index < -0.39 is 0 Å². The normalized spacial score (nSPS) is 16.3. The highest BCUT2D eigenvalue weighted by Crippen LogP contribution is 2.20. The summed E-state index contributed by atoms with van der Waals surface area (Å²) < 4.78 is 7.99. The van der Waals surface area contributed by atoms with Crippen LogP contribution < -0.4 is 10.1 Å². The Balaban J connectivity index is 1.49. The van der Waals surface area contributed by atoms with Crippen LogP contribution in [0.1, 0.15) is 44.1 Å². The Bertz CT molecular complexity index is 737. The summed E-state index contributed by atoms with van der Waals surface area (Å²) in [4.78, 5) is 14.4. The molecule has 1 fully saturated rings. The van der Waals surface area contributed by atoms with E-state index in [1.54, 1.807) is 6.33 Å². The standard InChI is InChI=1S/C19H27N5O2/c1-4-23-13-20-22-18(23)15(3)21-19(25)24-10-8-16(9-11-24)26-17-7-5-6-14(2)12-17/h5-7,12-13,15-16H,4,8-11H2,1-3H3,(H,21,25)/t15-/m0/s1. The molecule has 1 atom stereocenters. The van der Waals surface area contributed by atoms with Crippen molar-refractivity contribution < 1.29 is 9.53 Å². The lowest BCUT2D eigenvalue weighted by atomic mass is 10.1. The lowest BCUT2D eigenvalue weighted by Gasteiger charge is -2.33. The van der Waals surface area contributed by atoms with E-state index in [4.69, 9.17) is 4.74 Å². The fourth-order valence-electron chi connectivity index (χ4n) is 3.24. The molecule has 0 unspecified atom stereocenters. The van der Waals surface area contributed by atoms with Crippen molar-refractivity contribution in [3.05, 3.63) is 42.0 Å². The van der Waals surface area contributed by atoms with Gasteiger partial charge in [-0.05, 0) is 38.5 Å². The van der Waals surface area contributed by atoms with Gasteiger partial charge in [-0.1, -0.05) is 12.1 Å². The number of carbonyl (C=O) groups excluding carboxylic acids is 1. The number of aryl methyl sites for hydroxylation is 2. The van der Waals surface area contributed by atoms with Crippen LogP contribution in [0.5, 0.6) is 5.75 Å². The molecule has 0 radical (unpaired) electrons. The van der Waals surface area contributed by atoms with E-state index in [0.29, 0.717) is 13.1 Å². The van der Waals surface area contributed by atoms with Gasteiger partial charge in [-0.3, -0.25) is 0 Å². The maximum absolute atomic E-state index is 12.5. The molecule has 2 amide bonds. The quantitative estimate of drug-likeness (QED) is 0.893. The summed E-state index contributed by atoms with van der Waals surface area (Å²) in [6.45, 7) is 8.18. The highest BCUT2D eigenvalue weighted by atomic mass is 16.5. The van der Waals surface area contributed by atoms with Crippen molar-refractivity contribution in [3.63, 3.8) is 0 Å². The molecule has 0 aliphatic carbocycles. The number of nitrogens with one attached hydrogen (secondary N) is 1. The molecule has 26 heavy (non-hydrogen) atoms. The van der Waals surface area contributed by atoms with Crippen LogP contribution in [0, 0.1) is 6.92 Å². The molecule has 1 aliphatic rings. The zero-order valence-electron chi connectivity index (χ0n) is 15.7. The van der Waals surface area contributed by atoms with Crippen LogP contribution in [0.2, 0.25) is 0 Å². The Hall–Kier alpha value is -2.57. The summed E-state index contributed by atoms with van der Waals surface area (Å²) in [7, 11) is 0. The summed E-state index contributed by atoms with van der Waals surface area (Å²) >= 11 is 0. The number of carbonyl (C=O) groups is 1. The van der Waals surface area contributed by atoms with Crippen LogP contribution in [-0.4, -0.2) is 44.9 Å². The monoisotopic (exact) mass is 357 g/mol. The Morgan fingerprint density at radius 1 is 1.38 bits per heavy atom. The van der Waals surface area contributed by atoms with Crippen molar-refractivity contribution in [2.24, 2.45) is 0 Å². The van der Waals surface area contributed by atoms with E-state index in [1.807, 2.05) is 41.5 Å². The second-order valence-corrected chi connectivity index (χ2v) is 6.77. The second kappa shape index (κ2) is 8.21. The largest absolute Gasteiger partial charge is 0.490 e. The van der Waals surface area contributed by atoms with Crippen LogP contribution in [0.15, 0.2) is 30.6 Å². The number of ether oxygens (including phenoxy) is 1. The molecule has 2 aromatic rings. The Labute approximate surface area is 154 Å². The van der Waals surface area contributed by atoms with Gasteiger partial charge in [0.15, 0.2) is 5.82 Å². The lowest BCUT2D eigenvalue weighted by Crippen LogP contribution is -2.47. The Morgan fingerprint density at radius 2 is 2.15 bits per heavy atom. The van der Waals surface area contributed by atoms with Crippen molar-refractivity contribution in [1.29, 1.82) is 0 Å². The van der Waals surface area contributed by atoms with Crippen molar-refractivity contribution >= 4 is 6.03 Å². The van der Waals surface area contributed by atoms with Gasteiger partial charge in [-0.15, -0.1) is 10.2 Å². The number of amides is 2. The van der Waals surface area contributed by atoms with Crippen molar-refractivity contribution in [3.8, 4) is 5.75 Å². The van der Waals surface area contributed by atoms with Gasteiger partial charge >= 0.3 is 6.03 Å². The average molecular weight is 357 g/mol. The fraction of sp³-hybridized carbons (Fsp3) is 0.526. The molecule has 0 spiro atoms. The van der Waals surface area contributed by atoms with E-state index in [9.17, 15) is 4.79 Å². The molecule has 3 rings (SSSR count). The lowest BCUT2D eigenvalue weighted by molar-refractivity contribution is 0.110. The Kier molecular flexibility index (Phi) is 5.75. The van der Waals surface area contributed by atoms with Gasteiger partial charge < -0.3 is 19.5 Å². The highest BCUT2D eigenvalue weighted by Gasteiger charge is 2.25. The summed E-state index contributed by atoms with van der Waals surface area (Å²) in [5, 5.41) is 11.1. The molecule has 1 saturated heterocycles. The first-order valence-corrected chi connectivity index (χ1v) is 9.23. The predicted octanol–water partition coefficient (Wildman–Crippen LogP) is 2.92. The van der Waals surface area contributed by atoms with Crippen molar-refractivity contribution in [2.75, 3.05) is 13.1 Å². The van der Waals surface area contributed by atoms with Crippen molar-refractivity contribution in [1.82, 2.24) is 25.0 Å². The van der Waals surface area contributed by atoms with Gasteiger partial charge in [-0.25, -0.2) is 4.79 Å². The van der Waals surface area contributed by atoms with Gasteiger partial charge in [-0.2, -0.15) is 0 Å². The third-order valence-electron chi connectivity index (χ3n) is 4.73. The summed E-state index contributed by atoms with van der Waals surface area (Å²) in [6.07, 6.45) is 3.51. The van der Waals surface area contributed by atoms with Gasteiger partial charge in [0.25, 0.3) is 0 Å². The van der Waals surface area contributed by atoms with Crippen LogP contribution in [0.3, 0.4) is 0 Å². The summed E-state index contributed by atoms with van der Waals surface area (Å²) in [5.74, 6) is 1.68. The molecule has 1 aliphatic heterocycles. The number of aromatic nitrogens is 3. The zero-order chi connectivity index (χ0) is 18.5. The van der Waals surface area contributed by atoms with E-state index in [1.165, 1.54) is 5.56 Å². The van der Waals surface area contributed by atoms with E-state index in [-0.39, 0.29) is 18.2 Å². The van der Waals surface area contributed by atoms with Crippen molar-refractivity contribution in [2.45, 2.75) is 52.3 Å². The molecule has 140 valence electrons. The topological polar surface area (TPSA) is 72.3 Å². The smallest absolute Gasteiger partial charge is 0.317 e. The van der Waals surface area contributed by atoms with E-state index in [0.717, 1.165) is 31.0 Å². The third kappa shape index (κ3) is 4.33. The summed E-state index contributed by atoms with van der Waals surface area (Å²) in [6, 6.07) is 7.86. The molecule has 7 nitrogen and oxygen atoms in total. The fourth-order valence-corrected chi connectivity index (χ4v) is 3.24. The Morgan fingerprint density at radius 3 is 2.85 bits per heavy atom. The molecule has 0 bridgehead atoms. The first kappa shape index (κ1) is 18.2. The summed E-state index contributed by atoms with van der Waals surface area (Å²) in [5.41, 5.74) is 1.19. The van der Waals surface area contributed by atoms with Crippen LogP contribution in [0.25, 0.3) is 0 Å². The predicted molar refractivity (Wildman–Crippen MR) is 99.0 cm³/mol. The van der Waals surface area contributed by atoms with Crippen LogP contribution in [0.4, 0.5) is 4.79 Å². The number of likely N-dealkylation sites (tertiary alicyclic amines) is 1. The van der Waals surface area contributed by atoms with Gasteiger partial charge in [0.1, 0.15) is 18.2 Å². The van der Waals surface area contributed by atoms with Gasteiger partial charge in [0.2, 0.25) is 0 Å². The molecular weight excluding hydrogens is 330 g/mol.